The van der Waals surface area contributed by atoms with Gasteiger partial charge in [0, 0.05) is 39.2 Å². The first-order valence-electron chi connectivity index (χ1n) is 11.0. The summed E-state index contributed by atoms with van der Waals surface area (Å²) in [5.74, 6) is 2.90. The minimum absolute atomic E-state index is 0. The first-order chi connectivity index (χ1) is 13.3. The fraction of sp³-hybridized carbons (Fsp3) is 0.773. The van der Waals surface area contributed by atoms with Gasteiger partial charge in [0.2, 0.25) is 0 Å². The zero-order valence-electron chi connectivity index (χ0n) is 17.4. The normalized spacial score (nSPS) is 19.0. The average molecular weight is 503 g/mol. The van der Waals surface area contributed by atoms with Crippen LogP contribution in [0.2, 0.25) is 0 Å². The van der Waals surface area contributed by atoms with Gasteiger partial charge >= 0.3 is 0 Å². The number of unbranched alkanes of at least 4 members (excludes halogenated alkanes) is 1. The molecule has 1 N–H and O–H groups in total. The highest BCUT2D eigenvalue weighted by Gasteiger charge is 2.24. The molecule has 2 aliphatic rings. The molecular formula is C22H38IN3O2. The van der Waals surface area contributed by atoms with Crippen LogP contribution in [-0.2, 0) is 11.2 Å². The van der Waals surface area contributed by atoms with E-state index in [-0.39, 0.29) is 24.0 Å². The second-order valence-corrected chi connectivity index (χ2v) is 7.99. The van der Waals surface area contributed by atoms with Crippen molar-refractivity contribution < 1.29 is 9.15 Å². The highest BCUT2D eigenvalue weighted by molar-refractivity contribution is 14.0. The maximum Gasteiger partial charge on any atom is 0.193 e. The number of ether oxygens (including phenoxy) is 1. The van der Waals surface area contributed by atoms with E-state index < -0.39 is 0 Å². The van der Waals surface area contributed by atoms with E-state index in [1.807, 2.05) is 12.1 Å². The molecule has 2 fully saturated rings. The lowest BCUT2D eigenvalue weighted by Gasteiger charge is -2.34. The third-order valence-corrected chi connectivity index (χ3v) is 5.79. The van der Waals surface area contributed by atoms with Gasteiger partial charge in [-0.05, 0) is 50.2 Å². The predicted molar refractivity (Wildman–Crippen MR) is 126 cm³/mol. The fourth-order valence-electron chi connectivity index (χ4n) is 4.05. The van der Waals surface area contributed by atoms with Gasteiger partial charge in [-0.25, -0.2) is 0 Å². The number of furan rings is 1. The first kappa shape index (κ1) is 23.5. The zero-order valence-corrected chi connectivity index (χ0v) is 19.7. The summed E-state index contributed by atoms with van der Waals surface area (Å²) in [5, 5.41) is 3.55. The Kier molecular flexibility index (Phi) is 11.3. The van der Waals surface area contributed by atoms with Crippen LogP contribution < -0.4 is 5.32 Å². The van der Waals surface area contributed by atoms with E-state index >= 15 is 0 Å². The Bertz CT molecular complexity index is 536. The number of rotatable bonds is 9. The third kappa shape index (κ3) is 7.93. The number of likely N-dealkylation sites (tertiary alicyclic amines) is 1. The molecule has 0 amide bonds. The molecule has 160 valence electrons. The van der Waals surface area contributed by atoms with E-state index in [0.717, 1.165) is 76.1 Å². The van der Waals surface area contributed by atoms with Gasteiger partial charge < -0.3 is 19.4 Å². The topological polar surface area (TPSA) is 50.0 Å². The maximum atomic E-state index is 6.22. The molecule has 0 radical (unpaired) electrons. The maximum absolute atomic E-state index is 6.22. The van der Waals surface area contributed by atoms with Crippen LogP contribution in [0.4, 0.5) is 0 Å². The Hall–Kier alpha value is -0.760. The molecule has 1 aliphatic carbocycles. The molecule has 5 nitrogen and oxygen atoms in total. The molecule has 1 aromatic rings. The SMILES string of the molecule is CCCCN=C(NCCc1ccco1)N1CCC(OCC2CCCC2)CC1.I. The molecule has 0 aromatic carbocycles. The Labute approximate surface area is 187 Å². The van der Waals surface area contributed by atoms with Gasteiger partial charge in [-0.15, -0.1) is 24.0 Å². The highest BCUT2D eigenvalue weighted by atomic mass is 127. The first-order valence-corrected chi connectivity index (χ1v) is 11.0. The van der Waals surface area contributed by atoms with E-state index in [9.17, 15) is 0 Å². The predicted octanol–water partition coefficient (Wildman–Crippen LogP) is 4.86. The molecule has 1 aromatic heterocycles. The highest BCUT2D eigenvalue weighted by Crippen LogP contribution is 2.26. The molecule has 28 heavy (non-hydrogen) atoms. The van der Waals surface area contributed by atoms with Crippen molar-refractivity contribution in [3.63, 3.8) is 0 Å². The van der Waals surface area contributed by atoms with Crippen molar-refractivity contribution >= 4 is 29.9 Å². The van der Waals surface area contributed by atoms with E-state index in [1.54, 1.807) is 6.26 Å². The number of guanidine groups is 1. The zero-order chi connectivity index (χ0) is 18.7. The summed E-state index contributed by atoms with van der Waals surface area (Å²) >= 11 is 0. The summed E-state index contributed by atoms with van der Waals surface area (Å²) in [6.45, 7) is 7.02. The molecule has 1 saturated carbocycles. The lowest BCUT2D eigenvalue weighted by Crippen LogP contribution is -2.47. The van der Waals surface area contributed by atoms with E-state index in [1.165, 1.54) is 32.1 Å². The van der Waals surface area contributed by atoms with Crippen molar-refractivity contribution in [2.45, 2.75) is 70.8 Å². The van der Waals surface area contributed by atoms with E-state index in [4.69, 9.17) is 14.1 Å². The van der Waals surface area contributed by atoms with Crippen molar-refractivity contribution in [3.8, 4) is 0 Å². The summed E-state index contributed by atoms with van der Waals surface area (Å²) in [7, 11) is 0. The summed E-state index contributed by atoms with van der Waals surface area (Å²) in [5.41, 5.74) is 0. The summed E-state index contributed by atoms with van der Waals surface area (Å²) in [6.07, 6.45) is 13.1. The van der Waals surface area contributed by atoms with Gasteiger partial charge in [-0.1, -0.05) is 26.2 Å². The van der Waals surface area contributed by atoms with Crippen molar-refractivity contribution in [2.24, 2.45) is 10.9 Å². The number of nitrogens with zero attached hydrogens (tertiary/aromatic N) is 2. The Morgan fingerprint density at radius 1 is 1.25 bits per heavy atom. The molecule has 6 heteroatoms. The van der Waals surface area contributed by atoms with E-state index in [2.05, 4.69) is 17.1 Å². The molecule has 0 bridgehead atoms. The second kappa shape index (κ2) is 13.5. The Morgan fingerprint density at radius 2 is 2.04 bits per heavy atom. The van der Waals surface area contributed by atoms with Crippen LogP contribution in [0.25, 0.3) is 0 Å². The van der Waals surface area contributed by atoms with Crippen molar-refractivity contribution in [1.82, 2.24) is 10.2 Å². The lowest BCUT2D eigenvalue weighted by atomic mass is 10.1. The smallest absolute Gasteiger partial charge is 0.193 e. The molecule has 1 saturated heterocycles. The number of aliphatic imine (C=N–C) groups is 1. The summed E-state index contributed by atoms with van der Waals surface area (Å²) in [6, 6.07) is 3.98. The van der Waals surface area contributed by atoms with Gasteiger partial charge in [-0.3, -0.25) is 4.99 Å². The van der Waals surface area contributed by atoms with Gasteiger partial charge in [0.05, 0.1) is 12.4 Å². The molecule has 2 heterocycles. The largest absolute Gasteiger partial charge is 0.469 e. The minimum atomic E-state index is 0. The molecular weight excluding hydrogens is 465 g/mol. The van der Waals surface area contributed by atoms with Gasteiger partial charge in [0.25, 0.3) is 0 Å². The van der Waals surface area contributed by atoms with Crippen LogP contribution in [0, 0.1) is 5.92 Å². The summed E-state index contributed by atoms with van der Waals surface area (Å²) < 4.78 is 11.7. The number of hydrogen-bond donors (Lipinski definition) is 1. The van der Waals surface area contributed by atoms with Crippen LogP contribution in [0.1, 0.15) is 64.1 Å². The van der Waals surface area contributed by atoms with Crippen molar-refractivity contribution in [2.75, 3.05) is 32.8 Å². The van der Waals surface area contributed by atoms with Crippen LogP contribution in [0.5, 0.6) is 0 Å². The van der Waals surface area contributed by atoms with Gasteiger partial charge in [-0.2, -0.15) is 0 Å². The van der Waals surface area contributed by atoms with Crippen molar-refractivity contribution in [3.05, 3.63) is 24.2 Å². The number of hydrogen-bond acceptors (Lipinski definition) is 3. The van der Waals surface area contributed by atoms with E-state index in [0.29, 0.717) is 6.10 Å². The Morgan fingerprint density at radius 3 is 2.71 bits per heavy atom. The van der Waals surface area contributed by atoms with Gasteiger partial charge in [0.15, 0.2) is 5.96 Å². The molecule has 0 atom stereocenters. The minimum Gasteiger partial charge on any atom is -0.469 e. The van der Waals surface area contributed by atoms with Crippen LogP contribution in [-0.4, -0.2) is 49.7 Å². The lowest BCUT2D eigenvalue weighted by molar-refractivity contribution is 0.00101. The standard InChI is InChI=1S/C22H37N3O2.HI/c1-2-3-13-23-22(24-14-10-20-9-6-17-26-20)25-15-11-21(12-16-25)27-18-19-7-4-5-8-19;/h6,9,17,19,21H,2-5,7-8,10-16,18H2,1H3,(H,23,24);1H. The monoisotopic (exact) mass is 503 g/mol. The second-order valence-electron chi connectivity index (χ2n) is 7.99. The van der Waals surface area contributed by atoms with Gasteiger partial charge in [0.1, 0.15) is 5.76 Å². The molecule has 3 rings (SSSR count). The van der Waals surface area contributed by atoms with Crippen LogP contribution in [0.3, 0.4) is 0 Å². The third-order valence-electron chi connectivity index (χ3n) is 5.79. The quantitative estimate of drug-likeness (QED) is 0.227. The number of nitrogens with one attached hydrogen (secondary N) is 1. The molecule has 1 aliphatic heterocycles. The number of halogens is 1. The molecule has 0 spiro atoms. The van der Waals surface area contributed by atoms with Crippen molar-refractivity contribution in [1.29, 1.82) is 0 Å². The molecule has 0 unspecified atom stereocenters. The number of piperidine rings is 1. The van der Waals surface area contributed by atoms with Crippen LogP contribution >= 0.6 is 24.0 Å². The Balaban J connectivity index is 0.00000280. The average Bonchev–Trinajstić information content (AvgIpc) is 3.40. The van der Waals surface area contributed by atoms with Crippen LogP contribution in [0.15, 0.2) is 27.8 Å². The summed E-state index contributed by atoms with van der Waals surface area (Å²) in [4.78, 5) is 7.26. The fourth-order valence-corrected chi connectivity index (χ4v) is 4.05.